The van der Waals surface area contributed by atoms with Crippen molar-refractivity contribution in [3.05, 3.63) is 22.4 Å². The number of hydrogen-bond donors (Lipinski definition) is 4. The Labute approximate surface area is 134 Å². The summed E-state index contributed by atoms with van der Waals surface area (Å²) < 4.78 is 0. The molecular weight excluding hydrogens is 304 g/mol. The van der Waals surface area contributed by atoms with E-state index in [1.165, 1.54) is 0 Å². The van der Waals surface area contributed by atoms with Crippen molar-refractivity contribution in [1.29, 1.82) is 0 Å². The SMILES string of the molecule is CC(C)(CO)[C@@H](O)C(=O)NCCNC(=O)CCc1ccsc1. The van der Waals surface area contributed by atoms with Crippen LogP contribution in [-0.2, 0) is 16.0 Å². The normalized spacial score (nSPS) is 12.7. The first-order valence-electron chi connectivity index (χ1n) is 7.21. The summed E-state index contributed by atoms with van der Waals surface area (Å²) in [5.74, 6) is -0.622. The van der Waals surface area contributed by atoms with Gasteiger partial charge in [-0.1, -0.05) is 13.8 Å². The minimum Gasteiger partial charge on any atom is -0.396 e. The fourth-order valence-electron chi connectivity index (χ4n) is 1.71. The molecule has 0 bridgehead atoms. The van der Waals surface area contributed by atoms with Gasteiger partial charge in [-0.05, 0) is 28.8 Å². The first kappa shape index (κ1) is 18.6. The third-order valence-corrected chi connectivity index (χ3v) is 4.10. The smallest absolute Gasteiger partial charge is 0.249 e. The second-order valence-electron chi connectivity index (χ2n) is 5.82. The van der Waals surface area contributed by atoms with Gasteiger partial charge in [-0.15, -0.1) is 0 Å². The highest BCUT2D eigenvalue weighted by atomic mass is 32.1. The Hall–Kier alpha value is -1.44. The summed E-state index contributed by atoms with van der Waals surface area (Å²) >= 11 is 1.60. The van der Waals surface area contributed by atoms with Crippen LogP contribution in [0.4, 0.5) is 0 Å². The van der Waals surface area contributed by atoms with Crippen LogP contribution in [-0.4, -0.2) is 47.8 Å². The van der Waals surface area contributed by atoms with Gasteiger partial charge in [0.1, 0.15) is 6.10 Å². The molecule has 0 fully saturated rings. The topological polar surface area (TPSA) is 98.7 Å². The van der Waals surface area contributed by atoms with Crippen LogP contribution in [0.2, 0.25) is 0 Å². The average Bonchev–Trinajstić information content (AvgIpc) is 3.01. The van der Waals surface area contributed by atoms with Crippen LogP contribution in [0.3, 0.4) is 0 Å². The summed E-state index contributed by atoms with van der Waals surface area (Å²) in [4.78, 5) is 23.3. The number of hydrogen-bond acceptors (Lipinski definition) is 5. The molecule has 0 aromatic carbocycles. The zero-order valence-electron chi connectivity index (χ0n) is 13.0. The molecule has 1 aromatic heterocycles. The molecule has 0 saturated heterocycles. The quantitative estimate of drug-likeness (QED) is 0.490. The third-order valence-electron chi connectivity index (χ3n) is 3.36. The van der Waals surface area contributed by atoms with Gasteiger partial charge < -0.3 is 20.8 Å². The van der Waals surface area contributed by atoms with E-state index in [1.807, 2.05) is 16.8 Å². The van der Waals surface area contributed by atoms with Gasteiger partial charge in [-0.2, -0.15) is 11.3 Å². The molecule has 7 heteroatoms. The van der Waals surface area contributed by atoms with Gasteiger partial charge in [0, 0.05) is 24.9 Å². The standard InChI is InChI=1S/C15H24N2O4S/c1-15(2,10-18)13(20)14(21)17-7-6-16-12(19)4-3-11-5-8-22-9-11/h5,8-9,13,18,20H,3-4,6-7,10H2,1-2H3,(H,16,19)(H,17,21)/t13-/m0/s1. The van der Waals surface area contributed by atoms with E-state index in [4.69, 9.17) is 5.11 Å². The van der Waals surface area contributed by atoms with E-state index in [-0.39, 0.29) is 19.1 Å². The number of rotatable bonds is 9. The molecule has 0 aliphatic rings. The van der Waals surface area contributed by atoms with E-state index in [2.05, 4.69) is 10.6 Å². The second kappa shape index (κ2) is 8.87. The largest absolute Gasteiger partial charge is 0.396 e. The molecule has 124 valence electrons. The molecule has 2 amide bonds. The van der Waals surface area contributed by atoms with Crippen LogP contribution in [0.1, 0.15) is 25.8 Å². The van der Waals surface area contributed by atoms with E-state index in [0.29, 0.717) is 19.4 Å². The third kappa shape index (κ3) is 6.13. The molecule has 6 nitrogen and oxygen atoms in total. The Kier molecular flexibility index (Phi) is 7.50. The summed E-state index contributed by atoms with van der Waals surface area (Å²) in [6, 6.07) is 1.99. The fraction of sp³-hybridized carbons (Fsp3) is 0.600. The molecule has 0 aliphatic carbocycles. The lowest BCUT2D eigenvalue weighted by atomic mass is 9.87. The van der Waals surface area contributed by atoms with Crippen molar-refractivity contribution >= 4 is 23.2 Å². The van der Waals surface area contributed by atoms with Crippen molar-refractivity contribution in [2.24, 2.45) is 5.41 Å². The number of aliphatic hydroxyl groups is 2. The Balaban J connectivity index is 2.16. The predicted octanol–water partition coefficient (Wildman–Crippen LogP) is 0.292. The fourth-order valence-corrected chi connectivity index (χ4v) is 2.41. The average molecular weight is 328 g/mol. The Morgan fingerprint density at radius 1 is 1.32 bits per heavy atom. The van der Waals surface area contributed by atoms with Crippen molar-refractivity contribution in [1.82, 2.24) is 10.6 Å². The lowest BCUT2D eigenvalue weighted by Gasteiger charge is -2.27. The molecule has 4 N–H and O–H groups in total. The van der Waals surface area contributed by atoms with Gasteiger partial charge in [0.2, 0.25) is 11.8 Å². The first-order chi connectivity index (χ1) is 10.4. The maximum absolute atomic E-state index is 11.7. The molecule has 0 radical (unpaired) electrons. The van der Waals surface area contributed by atoms with Crippen molar-refractivity contribution in [2.75, 3.05) is 19.7 Å². The number of aliphatic hydroxyl groups excluding tert-OH is 2. The Morgan fingerprint density at radius 3 is 2.59 bits per heavy atom. The number of amides is 2. The van der Waals surface area contributed by atoms with E-state index in [9.17, 15) is 14.7 Å². The summed E-state index contributed by atoms with van der Waals surface area (Å²) in [7, 11) is 0. The molecule has 0 unspecified atom stereocenters. The zero-order chi connectivity index (χ0) is 16.6. The highest BCUT2D eigenvalue weighted by Crippen LogP contribution is 2.19. The number of carbonyl (C=O) groups is 2. The van der Waals surface area contributed by atoms with E-state index < -0.39 is 17.4 Å². The molecule has 1 rings (SSSR count). The Morgan fingerprint density at radius 2 is 2.00 bits per heavy atom. The highest BCUT2D eigenvalue weighted by Gasteiger charge is 2.32. The van der Waals surface area contributed by atoms with Crippen LogP contribution >= 0.6 is 11.3 Å². The summed E-state index contributed by atoms with van der Waals surface area (Å²) in [5.41, 5.74) is 0.247. The van der Waals surface area contributed by atoms with Crippen LogP contribution in [0.5, 0.6) is 0 Å². The van der Waals surface area contributed by atoms with Crippen molar-refractivity contribution in [2.45, 2.75) is 32.8 Å². The van der Waals surface area contributed by atoms with Gasteiger partial charge >= 0.3 is 0 Å². The molecule has 1 heterocycles. The van der Waals surface area contributed by atoms with E-state index >= 15 is 0 Å². The van der Waals surface area contributed by atoms with Crippen LogP contribution in [0.25, 0.3) is 0 Å². The number of aryl methyl sites for hydroxylation is 1. The highest BCUT2D eigenvalue weighted by molar-refractivity contribution is 7.07. The number of thiophene rings is 1. The second-order valence-corrected chi connectivity index (χ2v) is 6.60. The van der Waals surface area contributed by atoms with E-state index in [0.717, 1.165) is 5.56 Å². The van der Waals surface area contributed by atoms with Crippen LogP contribution in [0.15, 0.2) is 16.8 Å². The van der Waals surface area contributed by atoms with Gasteiger partial charge in [-0.25, -0.2) is 0 Å². The predicted molar refractivity (Wildman–Crippen MR) is 85.5 cm³/mol. The molecule has 0 aliphatic heterocycles. The Bertz CT molecular complexity index is 474. The van der Waals surface area contributed by atoms with E-state index in [1.54, 1.807) is 25.2 Å². The number of carbonyl (C=O) groups excluding carboxylic acids is 2. The zero-order valence-corrected chi connectivity index (χ0v) is 13.8. The van der Waals surface area contributed by atoms with Crippen molar-refractivity contribution in [3.63, 3.8) is 0 Å². The first-order valence-corrected chi connectivity index (χ1v) is 8.15. The minimum atomic E-state index is -1.29. The summed E-state index contributed by atoms with van der Waals surface area (Å²) in [6.07, 6.45) is -0.178. The maximum Gasteiger partial charge on any atom is 0.249 e. The lowest BCUT2D eigenvalue weighted by molar-refractivity contribution is -0.137. The number of nitrogens with one attached hydrogen (secondary N) is 2. The van der Waals surface area contributed by atoms with Crippen LogP contribution < -0.4 is 10.6 Å². The summed E-state index contributed by atoms with van der Waals surface area (Å²) in [6.45, 7) is 3.45. The lowest BCUT2D eigenvalue weighted by Crippen LogP contribution is -2.47. The molecule has 22 heavy (non-hydrogen) atoms. The molecule has 1 aromatic rings. The molecule has 1 atom stereocenters. The van der Waals surface area contributed by atoms with Gasteiger partial charge in [-0.3, -0.25) is 9.59 Å². The monoisotopic (exact) mass is 328 g/mol. The van der Waals surface area contributed by atoms with Gasteiger partial charge in [0.15, 0.2) is 0 Å². The maximum atomic E-state index is 11.7. The molecule has 0 spiro atoms. The summed E-state index contributed by atoms with van der Waals surface area (Å²) in [5, 5.41) is 28.1. The van der Waals surface area contributed by atoms with Crippen LogP contribution in [0, 0.1) is 5.41 Å². The molecular formula is C15H24N2O4S. The minimum absolute atomic E-state index is 0.0725. The van der Waals surface area contributed by atoms with Crippen molar-refractivity contribution in [3.8, 4) is 0 Å². The molecule has 0 saturated carbocycles. The van der Waals surface area contributed by atoms with Gasteiger partial charge in [0.25, 0.3) is 0 Å². The van der Waals surface area contributed by atoms with Gasteiger partial charge in [0.05, 0.1) is 6.61 Å². The van der Waals surface area contributed by atoms with Crippen molar-refractivity contribution < 1.29 is 19.8 Å².